The molecule has 12 heteroatoms. The molecule has 1 fully saturated rings. The van der Waals surface area contributed by atoms with E-state index in [2.05, 4.69) is 10.1 Å². The molecule has 184 valence electrons. The first-order valence-corrected chi connectivity index (χ1v) is 10.3. The molecule has 0 aromatic heterocycles. The van der Waals surface area contributed by atoms with Crippen molar-refractivity contribution >= 4 is 17.6 Å². The van der Waals surface area contributed by atoms with Crippen LogP contribution < -0.4 is 21.1 Å². The third kappa shape index (κ3) is 7.37. The van der Waals surface area contributed by atoms with E-state index in [-0.39, 0.29) is 12.5 Å². The number of carbonyl (C=O) groups is 3. The van der Waals surface area contributed by atoms with Crippen LogP contribution in [0.3, 0.4) is 0 Å². The van der Waals surface area contributed by atoms with E-state index >= 15 is 0 Å². The number of hydrogen-bond acceptors (Lipinski definition) is 5. The molecule has 0 spiro atoms. The van der Waals surface area contributed by atoms with E-state index in [1.165, 1.54) is 6.92 Å². The average Bonchev–Trinajstić information content (AvgIpc) is 3.50. The SMILES string of the molecule is CC[C@H](C(=O)C(=O)NC1CC1)C(CC(C)(F)F)(NCC(F)(F)Oc1ccc(F)cc1)C(N)=O. The van der Waals surface area contributed by atoms with E-state index < -0.39 is 65.6 Å². The first-order chi connectivity index (χ1) is 15.2. The monoisotopic (exact) mass is 479 g/mol. The fraction of sp³-hybridized carbons (Fsp3) is 0.571. The number of nitrogens with two attached hydrogens (primary N) is 1. The van der Waals surface area contributed by atoms with E-state index in [1.54, 1.807) is 0 Å². The van der Waals surface area contributed by atoms with Crippen LogP contribution in [0, 0.1) is 11.7 Å². The molecule has 0 heterocycles. The molecule has 7 nitrogen and oxygen atoms in total. The molecule has 1 unspecified atom stereocenters. The highest BCUT2D eigenvalue weighted by Crippen LogP contribution is 2.35. The highest BCUT2D eigenvalue weighted by Gasteiger charge is 2.54. The minimum Gasteiger partial charge on any atom is -0.432 e. The number of rotatable bonds is 13. The van der Waals surface area contributed by atoms with E-state index in [1.807, 2.05) is 5.32 Å². The van der Waals surface area contributed by atoms with Crippen molar-refractivity contribution in [1.82, 2.24) is 10.6 Å². The predicted octanol–water partition coefficient (Wildman–Crippen LogP) is 2.53. The van der Waals surface area contributed by atoms with Gasteiger partial charge in [0.1, 0.15) is 23.7 Å². The molecular weight excluding hydrogens is 453 g/mol. The summed E-state index contributed by atoms with van der Waals surface area (Å²) in [4.78, 5) is 37.4. The summed E-state index contributed by atoms with van der Waals surface area (Å²) < 4.78 is 74.5. The van der Waals surface area contributed by atoms with Crippen molar-refractivity contribution in [1.29, 1.82) is 0 Å². The number of primary amides is 1. The summed E-state index contributed by atoms with van der Waals surface area (Å²) >= 11 is 0. The first kappa shape index (κ1) is 26.5. The third-order valence-electron chi connectivity index (χ3n) is 5.18. The van der Waals surface area contributed by atoms with Crippen LogP contribution in [-0.4, -0.2) is 47.8 Å². The van der Waals surface area contributed by atoms with E-state index in [0.717, 1.165) is 24.3 Å². The number of Topliss-reactive ketones (excluding diaryl/α,β-unsaturated/α-hetero) is 1. The molecular formula is C21H26F5N3O4. The smallest absolute Gasteiger partial charge is 0.410 e. The summed E-state index contributed by atoms with van der Waals surface area (Å²) in [6.45, 7) is 0.270. The lowest BCUT2D eigenvalue weighted by atomic mass is 9.74. The van der Waals surface area contributed by atoms with Crippen molar-refractivity contribution in [3.63, 3.8) is 0 Å². The van der Waals surface area contributed by atoms with Crippen LogP contribution in [0.1, 0.15) is 39.5 Å². The van der Waals surface area contributed by atoms with Gasteiger partial charge in [0.2, 0.25) is 17.6 Å². The molecule has 1 aliphatic rings. The number of hydrogen-bond donors (Lipinski definition) is 3. The number of alkyl halides is 4. The van der Waals surface area contributed by atoms with E-state index in [4.69, 9.17) is 5.73 Å². The largest absolute Gasteiger partial charge is 0.432 e. The number of ether oxygens (including phenoxy) is 1. The topological polar surface area (TPSA) is 111 Å². The van der Waals surface area contributed by atoms with Gasteiger partial charge in [-0.25, -0.2) is 13.2 Å². The Kier molecular flexibility index (Phi) is 8.04. The van der Waals surface area contributed by atoms with Gasteiger partial charge in [-0.05, 0) is 50.5 Å². The van der Waals surface area contributed by atoms with Gasteiger partial charge in [0.25, 0.3) is 5.91 Å². The van der Waals surface area contributed by atoms with E-state index in [0.29, 0.717) is 19.8 Å². The summed E-state index contributed by atoms with van der Waals surface area (Å²) in [6, 6.07) is 3.34. The van der Waals surface area contributed by atoms with Crippen molar-refractivity contribution in [3.8, 4) is 5.75 Å². The lowest BCUT2D eigenvalue weighted by molar-refractivity contribution is -0.179. The van der Waals surface area contributed by atoms with Gasteiger partial charge < -0.3 is 15.8 Å². The van der Waals surface area contributed by atoms with Gasteiger partial charge >= 0.3 is 6.11 Å². The fourth-order valence-corrected chi connectivity index (χ4v) is 3.52. The zero-order valence-corrected chi connectivity index (χ0v) is 18.1. The van der Waals surface area contributed by atoms with Crippen molar-refractivity contribution < 1.29 is 41.1 Å². The van der Waals surface area contributed by atoms with Crippen LogP contribution >= 0.6 is 0 Å². The Morgan fingerprint density at radius 1 is 1.15 bits per heavy atom. The molecule has 0 saturated heterocycles. The predicted molar refractivity (Wildman–Crippen MR) is 107 cm³/mol. The number of benzene rings is 1. The van der Waals surface area contributed by atoms with E-state index in [9.17, 15) is 36.3 Å². The molecule has 0 radical (unpaired) electrons. The summed E-state index contributed by atoms with van der Waals surface area (Å²) in [6.07, 6.45) is -4.53. The molecule has 4 N–H and O–H groups in total. The molecule has 0 bridgehead atoms. The van der Waals surface area contributed by atoms with Crippen molar-refractivity contribution in [2.45, 2.75) is 63.1 Å². The third-order valence-corrected chi connectivity index (χ3v) is 5.18. The van der Waals surface area contributed by atoms with Crippen LogP contribution in [0.4, 0.5) is 22.0 Å². The maximum absolute atomic E-state index is 14.5. The zero-order valence-electron chi connectivity index (χ0n) is 18.1. The Morgan fingerprint density at radius 2 is 1.73 bits per heavy atom. The lowest BCUT2D eigenvalue weighted by Gasteiger charge is -2.39. The Hall–Kier alpha value is -2.76. The minimum absolute atomic E-state index is 0.240. The maximum atomic E-state index is 14.5. The second-order valence-corrected chi connectivity index (χ2v) is 8.20. The van der Waals surface area contributed by atoms with Crippen molar-refractivity contribution in [3.05, 3.63) is 30.1 Å². The lowest BCUT2D eigenvalue weighted by Crippen LogP contribution is -2.67. The van der Waals surface area contributed by atoms with Crippen LogP contribution in [0.2, 0.25) is 0 Å². The molecule has 1 saturated carbocycles. The Balaban J connectivity index is 2.32. The average molecular weight is 479 g/mol. The number of halogens is 5. The Labute approximate surface area is 187 Å². The number of nitrogens with one attached hydrogen (secondary N) is 2. The molecule has 2 amide bonds. The van der Waals surface area contributed by atoms with Crippen LogP contribution in [0.15, 0.2) is 24.3 Å². The Morgan fingerprint density at radius 3 is 2.18 bits per heavy atom. The van der Waals surface area contributed by atoms with Gasteiger partial charge in [-0.15, -0.1) is 0 Å². The van der Waals surface area contributed by atoms with Gasteiger partial charge in [-0.1, -0.05) is 6.92 Å². The number of carbonyl (C=O) groups excluding carboxylic acids is 3. The van der Waals surface area contributed by atoms with Gasteiger partial charge in [0.05, 0.1) is 5.92 Å². The van der Waals surface area contributed by atoms with Crippen LogP contribution in [-0.2, 0) is 14.4 Å². The summed E-state index contributed by atoms with van der Waals surface area (Å²) in [7, 11) is 0. The number of ketones is 1. The highest BCUT2D eigenvalue weighted by molar-refractivity contribution is 6.37. The Bertz CT molecular complexity index is 872. The van der Waals surface area contributed by atoms with Crippen molar-refractivity contribution in [2.24, 2.45) is 11.7 Å². The fourth-order valence-electron chi connectivity index (χ4n) is 3.52. The highest BCUT2D eigenvalue weighted by atomic mass is 19.3. The van der Waals surface area contributed by atoms with Crippen molar-refractivity contribution in [2.75, 3.05) is 6.54 Å². The van der Waals surface area contributed by atoms with Crippen LogP contribution in [0.25, 0.3) is 0 Å². The zero-order chi connectivity index (χ0) is 25.0. The molecule has 0 aliphatic heterocycles. The van der Waals surface area contributed by atoms with Gasteiger partial charge in [0.15, 0.2) is 0 Å². The van der Waals surface area contributed by atoms with Gasteiger partial charge in [-0.2, -0.15) is 8.78 Å². The molecule has 1 aromatic rings. The normalized spacial score (nSPS) is 17.1. The number of amides is 2. The molecule has 33 heavy (non-hydrogen) atoms. The minimum atomic E-state index is -4.07. The molecule has 2 atom stereocenters. The van der Waals surface area contributed by atoms with Gasteiger partial charge in [0, 0.05) is 12.5 Å². The second-order valence-electron chi connectivity index (χ2n) is 8.20. The first-order valence-electron chi connectivity index (χ1n) is 10.3. The standard InChI is InChI=1S/C21H26F5N3O4/c1-3-15(16(30)17(31)29-13-6-7-13)20(18(27)32,10-19(2,23)24)28-11-21(25,26)33-14-8-4-12(22)5-9-14/h4-5,8-9,13,15,28H,3,6-7,10-11H2,1-2H3,(H2,27,32)(H,29,31)/t15-,20?/m1/s1. The second kappa shape index (κ2) is 10.0. The van der Waals surface area contributed by atoms with Crippen LogP contribution in [0.5, 0.6) is 5.75 Å². The summed E-state index contributed by atoms with van der Waals surface area (Å²) in [5.41, 5.74) is 2.68. The molecule has 1 aliphatic carbocycles. The van der Waals surface area contributed by atoms with Gasteiger partial charge in [-0.3, -0.25) is 19.7 Å². The molecule has 1 aromatic carbocycles. The summed E-state index contributed by atoms with van der Waals surface area (Å²) in [5.74, 6) is -10.3. The quantitative estimate of drug-likeness (QED) is 0.298. The maximum Gasteiger partial charge on any atom is 0.410 e. The molecule has 2 rings (SSSR count). The summed E-state index contributed by atoms with van der Waals surface area (Å²) in [5, 5.41) is 4.40.